The molecule has 0 bridgehead atoms. The summed E-state index contributed by atoms with van der Waals surface area (Å²) in [6.45, 7) is -0.150. The molecule has 1 aliphatic rings. The summed E-state index contributed by atoms with van der Waals surface area (Å²) in [7, 11) is 0. The zero-order valence-corrected chi connectivity index (χ0v) is 12.9. The molecule has 0 heterocycles. The van der Waals surface area contributed by atoms with Crippen molar-refractivity contribution in [1.29, 1.82) is 0 Å². The number of nitrogens with one attached hydrogen (secondary N) is 1. The first-order valence-electron chi connectivity index (χ1n) is 6.70. The summed E-state index contributed by atoms with van der Waals surface area (Å²) < 4.78 is 5.31. The number of rotatable bonds is 5. The molecule has 1 aromatic carbocycles. The van der Waals surface area contributed by atoms with Gasteiger partial charge in [-0.15, -0.1) is 0 Å². The van der Waals surface area contributed by atoms with Gasteiger partial charge >= 0.3 is 0 Å². The molecule has 0 spiro atoms. The third-order valence-electron chi connectivity index (χ3n) is 3.04. The number of carbonyl (C=O) groups excluding carboxylic acids is 1. The number of halogens is 2. The molecule has 1 aliphatic carbocycles. The van der Waals surface area contributed by atoms with Crippen LogP contribution in [0.3, 0.4) is 0 Å². The first-order valence-corrected chi connectivity index (χ1v) is 7.45. The number of nitrogens with zero attached hydrogens (tertiary/aromatic N) is 1. The largest absolute Gasteiger partial charge is 0.482 e. The second-order valence-corrected chi connectivity index (χ2v) is 5.56. The SMILES string of the molecule is O=C(COc1ccc(Cl)cc1Cl)N/N=C\[C@@H]1CC=CCC1. The van der Waals surface area contributed by atoms with Crippen LogP contribution in [0.2, 0.25) is 10.0 Å². The fourth-order valence-corrected chi connectivity index (χ4v) is 2.40. The lowest BCUT2D eigenvalue weighted by Crippen LogP contribution is -2.25. The van der Waals surface area contributed by atoms with Crippen LogP contribution >= 0.6 is 23.2 Å². The number of amides is 1. The van der Waals surface area contributed by atoms with Crippen LogP contribution in [0.4, 0.5) is 0 Å². The van der Waals surface area contributed by atoms with Crippen molar-refractivity contribution in [1.82, 2.24) is 5.43 Å². The van der Waals surface area contributed by atoms with E-state index in [1.165, 1.54) is 0 Å². The molecule has 0 radical (unpaired) electrons. The van der Waals surface area contributed by atoms with Crippen LogP contribution in [0.25, 0.3) is 0 Å². The molecular weight excluding hydrogens is 311 g/mol. The number of allylic oxidation sites excluding steroid dienone is 2. The summed E-state index contributed by atoms with van der Waals surface area (Å²) in [5.41, 5.74) is 2.44. The van der Waals surface area contributed by atoms with Gasteiger partial charge in [-0.05, 0) is 43.4 Å². The summed E-state index contributed by atoms with van der Waals surface area (Å²) in [4.78, 5) is 11.6. The maximum Gasteiger partial charge on any atom is 0.277 e. The summed E-state index contributed by atoms with van der Waals surface area (Å²) in [6.07, 6.45) is 9.16. The van der Waals surface area contributed by atoms with Crippen molar-refractivity contribution in [2.24, 2.45) is 11.0 Å². The highest BCUT2D eigenvalue weighted by molar-refractivity contribution is 6.35. The molecule has 0 fully saturated rings. The maximum atomic E-state index is 11.6. The topological polar surface area (TPSA) is 50.7 Å². The van der Waals surface area contributed by atoms with Crippen molar-refractivity contribution in [3.8, 4) is 5.75 Å². The molecule has 0 aliphatic heterocycles. The van der Waals surface area contributed by atoms with Gasteiger partial charge in [0.25, 0.3) is 5.91 Å². The van der Waals surface area contributed by atoms with Crippen molar-refractivity contribution in [3.63, 3.8) is 0 Å². The van der Waals surface area contributed by atoms with Gasteiger partial charge in [-0.25, -0.2) is 5.43 Å². The molecule has 1 aromatic rings. The summed E-state index contributed by atoms with van der Waals surface area (Å²) in [6, 6.07) is 4.83. The first-order chi connectivity index (χ1) is 10.1. The van der Waals surface area contributed by atoms with E-state index in [-0.39, 0.29) is 12.5 Å². The van der Waals surface area contributed by atoms with Gasteiger partial charge < -0.3 is 4.74 Å². The molecule has 1 N–H and O–H groups in total. The van der Waals surface area contributed by atoms with Crippen LogP contribution < -0.4 is 10.2 Å². The molecule has 2 rings (SSSR count). The van der Waals surface area contributed by atoms with E-state index in [4.69, 9.17) is 27.9 Å². The van der Waals surface area contributed by atoms with Gasteiger partial charge in [0.05, 0.1) is 5.02 Å². The van der Waals surface area contributed by atoms with Crippen LogP contribution in [0.15, 0.2) is 35.5 Å². The van der Waals surface area contributed by atoms with E-state index in [1.807, 2.05) is 0 Å². The van der Waals surface area contributed by atoms with Crippen LogP contribution in [0.5, 0.6) is 5.75 Å². The standard InChI is InChI=1S/C15H16Cl2N2O2/c16-12-6-7-14(13(17)8-12)21-10-15(20)19-18-9-11-4-2-1-3-5-11/h1-2,6-9,11H,3-5,10H2,(H,19,20)/b18-9-/t11-/m1/s1. The second-order valence-electron chi connectivity index (χ2n) is 4.72. The van der Waals surface area contributed by atoms with Crippen LogP contribution in [-0.4, -0.2) is 18.7 Å². The Bertz CT molecular complexity index is 559. The molecule has 112 valence electrons. The minimum Gasteiger partial charge on any atom is -0.482 e. The van der Waals surface area contributed by atoms with Gasteiger partial charge in [-0.1, -0.05) is 35.4 Å². The Morgan fingerprint density at radius 3 is 3.00 bits per heavy atom. The van der Waals surface area contributed by atoms with Gasteiger partial charge in [-0.3, -0.25) is 4.79 Å². The lowest BCUT2D eigenvalue weighted by Gasteiger charge is -2.11. The fourth-order valence-electron chi connectivity index (χ4n) is 1.93. The molecule has 6 heteroatoms. The zero-order chi connectivity index (χ0) is 15.1. The Labute approximate surface area is 133 Å². The molecule has 0 unspecified atom stereocenters. The van der Waals surface area contributed by atoms with E-state index >= 15 is 0 Å². The molecule has 4 nitrogen and oxygen atoms in total. The normalized spacial score (nSPS) is 17.9. The van der Waals surface area contributed by atoms with E-state index in [0.717, 1.165) is 19.3 Å². The zero-order valence-electron chi connectivity index (χ0n) is 11.4. The Kier molecular flexibility index (Phi) is 6.08. The van der Waals surface area contributed by atoms with Gasteiger partial charge in [-0.2, -0.15) is 5.10 Å². The van der Waals surface area contributed by atoms with E-state index in [0.29, 0.717) is 21.7 Å². The smallest absolute Gasteiger partial charge is 0.277 e. The predicted octanol–water partition coefficient (Wildman–Crippen LogP) is 3.83. The van der Waals surface area contributed by atoms with Crippen LogP contribution in [0, 0.1) is 5.92 Å². The van der Waals surface area contributed by atoms with Crippen molar-refractivity contribution in [2.45, 2.75) is 19.3 Å². The minimum absolute atomic E-state index is 0.150. The Balaban J connectivity index is 1.74. The average molecular weight is 327 g/mol. The molecule has 21 heavy (non-hydrogen) atoms. The highest BCUT2D eigenvalue weighted by atomic mass is 35.5. The van der Waals surface area contributed by atoms with Crippen LogP contribution in [-0.2, 0) is 4.79 Å². The molecule has 0 saturated carbocycles. The highest BCUT2D eigenvalue weighted by Gasteiger charge is 2.08. The highest BCUT2D eigenvalue weighted by Crippen LogP contribution is 2.27. The number of hydrazone groups is 1. The predicted molar refractivity (Wildman–Crippen MR) is 85.1 cm³/mol. The fraction of sp³-hybridized carbons (Fsp3) is 0.333. The average Bonchev–Trinajstić information content (AvgIpc) is 2.47. The van der Waals surface area contributed by atoms with Crippen molar-refractivity contribution in [2.75, 3.05) is 6.61 Å². The number of hydrogen-bond acceptors (Lipinski definition) is 3. The lowest BCUT2D eigenvalue weighted by atomic mass is 9.96. The number of ether oxygens (including phenoxy) is 1. The van der Waals surface area contributed by atoms with Crippen molar-refractivity contribution >= 4 is 35.3 Å². The monoisotopic (exact) mass is 326 g/mol. The number of carbonyl (C=O) groups is 1. The van der Waals surface area contributed by atoms with Gasteiger partial charge in [0.2, 0.25) is 0 Å². The molecular formula is C15H16Cl2N2O2. The van der Waals surface area contributed by atoms with E-state index in [2.05, 4.69) is 22.7 Å². The van der Waals surface area contributed by atoms with Crippen molar-refractivity contribution < 1.29 is 9.53 Å². The van der Waals surface area contributed by atoms with Gasteiger partial charge in [0, 0.05) is 11.2 Å². The molecule has 1 amide bonds. The molecule has 0 saturated heterocycles. The number of benzene rings is 1. The molecule has 1 atom stereocenters. The van der Waals surface area contributed by atoms with E-state index in [1.54, 1.807) is 24.4 Å². The Morgan fingerprint density at radius 2 is 2.29 bits per heavy atom. The first kappa shape index (κ1) is 15.9. The van der Waals surface area contributed by atoms with E-state index < -0.39 is 0 Å². The Hall–Kier alpha value is -1.52. The van der Waals surface area contributed by atoms with Gasteiger partial charge in [0.15, 0.2) is 6.61 Å². The Morgan fingerprint density at radius 1 is 1.43 bits per heavy atom. The molecule has 0 aromatic heterocycles. The quantitative estimate of drug-likeness (QED) is 0.508. The van der Waals surface area contributed by atoms with Crippen LogP contribution in [0.1, 0.15) is 19.3 Å². The maximum absolute atomic E-state index is 11.6. The summed E-state index contributed by atoms with van der Waals surface area (Å²) in [5, 5.41) is 4.84. The second kappa shape index (κ2) is 8.05. The van der Waals surface area contributed by atoms with Gasteiger partial charge in [0.1, 0.15) is 5.75 Å². The minimum atomic E-state index is -0.330. The third-order valence-corrected chi connectivity index (χ3v) is 3.57. The summed E-state index contributed by atoms with van der Waals surface area (Å²) >= 11 is 11.7. The lowest BCUT2D eigenvalue weighted by molar-refractivity contribution is -0.123. The van der Waals surface area contributed by atoms with Crippen molar-refractivity contribution in [3.05, 3.63) is 40.4 Å². The third kappa shape index (κ3) is 5.40. The summed E-state index contributed by atoms with van der Waals surface area (Å²) in [5.74, 6) is 0.475. The van der Waals surface area contributed by atoms with E-state index in [9.17, 15) is 4.79 Å². The number of hydrogen-bond donors (Lipinski definition) is 1.